The van der Waals surface area contributed by atoms with E-state index in [0.29, 0.717) is 18.5 Å². The standard InChI is InChI=1S/C24H31N3O3/c1-30-22-10-5-4-9-21(22)27-15-17-13-18(27)16-25(14-17)11-6-12-26-23(28)19-7-2-3-8-20(19)24(26)29/h2-5,9-10,17-20H,6-8,11-16H2,1H3/t17-,18+,19-,20+/m0/s1. The molecule has 0 saturated carbocycles. The van der Waals surface area contributed by atoms with Crippen LogP contribution in [0.25, 0.3) is 0 Å². The van der Waals surface area contributed by atoms with Gasteiger partial charge in [0.25, 0.3) is 0 Å². The van der Waals surface area contributed by atoms with E-state index < -0.39 is 0 Å². The van der Waals surface area contributed by atoms with Crippen LogP contribution in [0.15, 0.2) is 36.4 Å². The van der Waals surface area contributed by atoms with E-state index >= 15 is 0 Å². The predicted molar refractivity (Wildman–Crippen MR) is 115 cm³/mol. The van der Waals surface area contributed by atoms with Crippen LogP contribution in [-0.2, 0) is 9.59 Å². The summed E-state index contributed by atoms with van der Waals surface area (Å²) in [7, 11) is 1.74. The van der Waals surface area contributed by atoms with E-state index in [9.17, 15) is 9.59 Å². The number of carbonyl (C=O) groups is 2. The van der Waals surface area contributed by atoms with E-state index in [0.717, 1.165) is 51.2 Å². The molecule has 4 atom stereocenters. The molecule has 5 rings (SSSR count). The van der Waals surface area contributed by atoms with Gasteiger partial charge in [-0.05, 0) is 50.3 Å². The van der Waals surface area contributed by atoms with Crippen LogP contribution in [-0.4, -0.2) is 67.5 Å². The molecule has 2 bridgehead atoms. The molecule has 1 aromatic rings. The van der Waals surface area contributed by atoms with Crippen molar-refractivity contribution in [2.45, 2.75) is 31.7 Å². The summed E-state index contributed by atoms with van der Waals surface area (Å²) >= 11 is 0. The summed E-state index contributed by atoms with van der Waals surface area (Å²) in [6.45, 7) is 4.70. The lowest BCUT2D eigenvalue weighted by Crippen LogP contribution is -2.43. The van der Waals surface area contributed by atoms with Crippen LogP contribution < -0.4 is 9.64 Å². The summed E-state index contributed by atoms with van der Waals surface area (Å²) in [6, 6.07) is 8.79. The maximum absolute atomic E-state index is 12.6. The molecule has 2 amide bonds. The molecule has 1 aromatic carbocycles. The minimum Gasteiger partial charge on any atom is -0.495 e. The van der Waals surface area contributed by atoms with Crippen molar-refractivity contribution in [3.63, 3.8) is 0 Å². The molecule has 0 radical (unpaired) electrons. The van der Waals surface area contributed by atoms with Crippen LogP contribution in [0.2, 0.25) is 0 Å². The van der Waals surface area contributed by atoms with Crippen LogP contribution in [0.4, 0.5) is 5.69 Å². The zero-order chi connectivity index (χ0) is 20.7. The molecule has 0 aromatic heterocycles. The first-order valence-corrected chi connectivity index (χ1v) is 11.3. The number of fused-ring (bicyclic) bond motifs is 3. The fraction of sp³-hybridized carbons (Fsp3) is 0.583. The number of hydrogen-bond donors (Lipinski definition) is 0. The average molecular weight is 410 g/mol. The lowest BCUT2D eigenvalue weighted by Gasteiger charge is -2.34. The molecule has 30 heavy (non-hydrogen) atoms. The highest BCUT2D eigenvalue weighted by atomic mass is 16.5. The Kier molecular flexibility index (Phi) is 5.27. The Labute approximate surface area is 178 Å². The van der Waals surface area contributed by atoms with Crippen LogP contribution in [0.5, 0.6) is 5.75 Å². The lowest BCUT2D eigenvalue weighted by atomic mass is 9.85. The van der Waals surface area contributed by atoms with Gasteiger partial charge in [-0.25, -0.2) is 0 Å². The number of para-hydroxylation sites is 2. The number of ether oxygens (including phenoxy) is 1. The van der Waals surface area contributed by atoms with E-state index in [1.807, 2.05) is 24.3 Å². The van der Waals surface area contributed by atoms with Crippen molar-refractivity contribution < 1.29 is 14.3 Å². The Morgan fingerprint density at radius 3 is 2.43 bits per heavy atom. The molecule has 3 saturated heterocycles. The molecule has 6 heteroatoms. The fourth-order valence-electron chi connectivity index (χ4n) is 5.94. The Morgan fingerprint density at radius 1 is 0.967 bits per heavy atom. The van der Waals surface area contributed by atoms with Crippen LogP contribution in [0.1, 0.15) is 25.7 Å². The van der Waals surface area contributed by atoms with E-state index in [1.54, 1.807) is 12.0 Å². The van der Waals surface area contributed by atoms with E-state index in [4.69, 9.17) is 4.74 Å². The zero-order valence-corrected chi connectivity index (χ0v) is 17.7. The van der Waals surface area contributed by atoms with Crippen molar-refractivity contribution in [1.29, 1.82) is 0 Å². The molecular weight excluding hydrogens is 378 g/mol. The second-order valence-electron chi connectivity index (χ2n) is 9.18. The molecule has 0 spiro atoms. The lowest BCUT2D eigenvalue weighted by molar-refractivity contribution is -0.140. The Balaban J connectivity index is 1.17. The molecular formula is C24H31N3O3. The molecule has 0 N–H and O–H groups in total. The summed E-state index contributed by atoms with van der Waals surface area (Å²) in [4.78, 5) is 31.9. The maximum atomic E-state index is 12.6. The molecule has 1 aliphatic carbocycles. The monoisotopic (exact) mass is 409 g/mol. The molecule has 4 aliphatic rings. The number of amides is 2. The van der Waals surface area contributed by atoms with E-state index in [2.05, 4.69) is 21.9 Å². The number of rotatable bonds is 6. The summed E-state index contributed by atoms with van der Waals surface area (Å²) in [5, 5.41) is 0. The second kappa shape index (κ2) is 8.06. The van der Waals surface area contributed by atoms with Gasteiger partial charge in [0, 0.05) is 32.2 Å². The summed E-state index contributed by atoms with van der Waals surface area (Å²) in [6.07, 6.45) is 7.63. The number of allylic oxidation sites excluding steroid dienone is 2. The van der Waals surface area contributed by atoms with Gasteiger partial charge in [-0.3, -0.25) is 14.5 Å². The topological polar surface area (TPSA) is 53.1 Å². The van der Waals surface area contributed by atoms with Crippen LogP contribution in [0, 0.1) is 17.8 Å². The van der Waals surface area contributed by atoms with Crippen LogP contribution in [0.3, 0.4) is 0 Å². The van der Waals surface area contributed by atoms with Gasteiger partial charge in [0.05, 0.1) is 24.6 Å². The third-order valence-corrected chi connectivity index (χ3v) is 7.34. The average Bonchev–Trinajstić information content (AvgIpc) is 3.21. The van der Waals surface area contributed by atoms with Crippen molar-refractivity contribution in [2.75, 3.05) is 44.7 Å². The number of hydrogen-bond acceptors (Lipinski definition) is 5. The number of nitrogens with zero attached hydrogens (tertiary/aromatic N) is 3. The highest BCUT2D eigenvalue weighted by Crippen LogP contribution is 2.38. The predicted octanol–water partition coefficient (Wildman–Crippen LogP) is 2.55. The minimum atomic E-state index is -0.109. The highest BCUT2D eigenvalue weighted by molar-refractivity contribution is 6.05. The van der Waals surface area contributed by atoms with Gasteiger partial charge in [0.2, 0.25) is 11.8 Å². The number of benzene rings is 1. The van der Waals surface area contributed by atoms with E-state index in [1.165, 1.54) is 12.1 Å². The van der Waals surface area contributed by atoms with Gasteiger partial charge in [0.15, 0.2) is 0 Å². The van der Waals surface area contributed by atoms with Gasteiger partial charge in [-0.2, -0.15) is 0 Å². The largest absolute Gasteiger partial charge is 0.495 e. The maximum Gasteiger partial charge on any atom is 0.233 e. The molecule has 6 nitrogen and oxygen atoms in total. The fourth-order valence-corrected chi connectivity index (χ4v) is 5.94. The summed E-state index contributed by atoms with van der Waals surface area (Å²) in [5.74, 6) is 1.49. The first-order valence-electron chi connectivity index (χ1n) is 11.3. The molecule has 3 heterocycles. The van der Waals surface area contributed by atoms with Crippen molar-refractivity contribution in [3.8, 4) is 5.75 Å². The Bertz CT molecular complexity index is 828. The van der Waals surface area contributed by atoms with Gasteiger partial charge in [0.1, 0.15) is 5.75 Å². The van der Waals surface area contributed by atoms with Gasteiger partial charge >= 0.3 is 0 Å². The van der Waals surface area contributed by atoms with Gasteiger partial charge < -0.3 is 14.5 Å². The smallest absolute Gasteiger partial charge is 0.233 e. The summed E-state index contributed by atoms with van der Waals surface area (Å²) in [5.41, 5.74) is 1.19. The molecule has 0 unspecified atom stereocenters. The first kappa shape index (κ1) is 19.6. The summed E-state index contributed by atoms with van der Waals surface area (Å²) < 4.78 is 5.59. The SMILES string of the molecule is COc1ccccc1N1C[C@H]2C[C@@H]1CN(CCCN1C(=O)[C@H]3CC=CC[C@H]3C1=O)C2. The molecule has 3 fully saturated rings. The van der Waals surface area contributed by atoms with Gasteiger partial charge in [-0.1, -0.05) is 24.3 Å². The number of piperidine rings is 1. The second-order valence-corrected chi connectivity index (χ2v) is 9.18. The third kappa shape index (κ3) is 3.41. The highest BCUT2D eigenvalue weighted by Gasteiger charge is 2.47. The minimum absolute atomic E-state index is 0.0513. The number of imide groups is 1. The van der Waals surface area contributed by atoms with Crippen LogP contribution >= 0.6 is 0 Å². The first-order chi connectivity index (χ1) is 14.7. The normalized spacial score (nSPS) is 30.8. The van der Waals surface area contributed by atoms with Crippen molar-refractivity contribution in [1.82, 2.24) is 9.80 Å². The molecule has 160 valence electrons. The van der Waals surface area contributed by atoms with Crippen molar-refractivity contribution >= 4 is 17.5 Å². The van der Waals surface area contributed by atoms with Gasteiger partial charge in [-0.15, -0.1) is 0 Å². The van der Waals surface area contributed by atoms with Crippen molar-refractivity contribution in [3.05, 3.63) is 36.4 Å². The third-order valence-electron chi connectivity index (χ3n) is 7.34. The number of likely N-dealkylation sites (tertiary alicyclic amines) is 2. The number of carbonyl (C=O) groups excluding carboxylic acids is 2. The number of methoxy groups -OCH3 is 1. The quantitative estimate of drug-likeness (QED) is 0.534. The Morgan fingerprint density at radius 2 is 1.70 bits per heavy atom. The zero-order valence-electron chi connectivity index (χ0n) is 17.7. The number of anilines is 1. The van der Waals surface area contributed by atoms with Crippen molar-refractivity contribution in [2.24, 2.45) is 17.8 Å². The van der Waals surface area contributed by atoms with E-state index in [-0.39, 0.29) is 23.7 Å². The molecule has 3 aliphatic heterocycles. The Hall–Kier alpha value is -2.34.